The Labute approximate surface area is 206 Å². The maximum absolute atomic E-state index is 15.1. The zero-order valence-electron chi connectivity index (χ0n) is 20.4. The molecule has 1 atom stereocenters. The second-order valence-electron chi connectivity index (χ2n) is 8.76. The number of imidazole rings is 1. The first-order valence-corrected chi connectivity index (χ1v) is 11.4. The summed E-state index contributed by atoms with van der Waals surface area (Å²) in [6.45, 7) is 10.0. The predicted octanol–water partition coefficient (Wildman–Crippen LogP) is 6.38. The van der Waals surface area contributed by atoms with Gasteiger partial charge in [0, 0.05) is 29.9 Å². The van der Waals surface area contributed by atoms with Crippen LogP contribution in [0.3, 0.4) is 0 Å². The fourth-order valence-corrected chi connectivity index (χ4v) is 4.33. The van der Waals surface area contributed by atoms with E-state index in [4.69, 9.17) is 10.5 Å². The Morgan fingerprint density at radius 3 is 2.58 bits per heavy atom. The van der Waals surface area contributed by atoms with Crippen LogP contribution in [-0.4, -0.2) is 32.9 Å². The number of likely N-dealkylation sites (N-methyl/N-ethyl adjacent to an activating group) is 1. The van der Waals surface area contributed by atoms with Crippen LogP contribution in [0.4, 0.5) is 23.4 Å². The van der Waals surface area contributed by atoms with Crippen LogP contribution in [0.15, 0.2) is 43.4 Å². The van der Waals surface area contributed by atoms with Gasteiger partial charge in [0.1, 0.15) is 29.5 Å². The molecule has 6 nitrogen and oxygen atoms in total. The zero-order chi connectivity index (χ0) is 26.4. The maximum Gasteiger partial charge on any atom is 0.416 e. The molecular formula is C26H27F4N5O. The Kier molecular flexibility index (Phi) is 6.55. The molecule has 0 fully saturated rings. The highest BCUT2D eigenvalue weighted by Crippen LogP contribution is 2.44. The summed E-state index contributed by atoms with van der Waals surface area (Å²) in [5.74, 6) is -0.142. The number of hydrogen-bond donors (Lipinski definition) is 1. The Morgan fingerprint density at radius 2 is 1.92 bits per heavy atom. The molecule has 2 aromatic heterocycles. The van der Waals surface area contributed by atoms with Gasteiger partial charge in [0.15, 0.2) is 0 Å². The fourth-order valence-electron chi connectivity index (χ4n) is 4.33. The van der Waals surface area contributed by atoms with Gasteiger partial charge >= 0.3 is 6.18 Å². The number of halogens is 4. The molecule has 3 heterocycles. The highest BCUT2D eigenvalue weighted by Gasteiger charge is 2.36. The van der Waals surface area contributed by atoms with Crippen molar-refractivity contribution in [1.82, 2.24) is 19.3 Å². The van der Waals surface area contributed by atoms with Crippen molar-refractivity contribution < 1.29 is 22.3 Å². The molecule has 0 radical (unpaired) electrons. The van der Waals surface area contributed by atoms with Crippen LogP contribution < -0.4 is 10.5 Å². The number of aryl methyl sites for hydroxylation is 1. The van der Waals surface area contributed by atoms with Gasteiger partial charge in [-0.1, -0.05) is 26.8 Å². The van der Waals surface area contributed by atoms with Gasteiger partial charge in [-0.25, -0.2) is 14.4 Å². The van der Waals surface area contributed by atoms with E-state index in [1.165, 1.54) is 12.5 Å². The van der Waals surface area contributed by atoms with Crippen molar-refractivity contribution in [3.05, 3.63) is 71.4 Å². The second-order valence-corrected chi connectivity index (χ2v) is 8.76. The molecule has 0 spiro atoms. The second kappa shape index (κ2) is 9.33. The third-order valence-corrected chi connectivity index (χ3v) is 6.08. The molecule has 0 bridgehead atoms. The quantitative estimate of drug-likeness (QED) is 0.330. The van der Waals surface area contributed by atoms with E-state index in [9.17, 15) is 13.2 Å². The van der Waals surface area contributed by atoms with E-state index in [1.54, 1.807) is 41.9 Å². The summed E-state index contributed by atoms with van der Waals surface area (Å²) in [5, 5.41) is 0. The first-order valence-electron chi connectivity index (χ1n) is 11.4. The van der Waals surface area contributed by atoms with Crippen LogP contribution >= 0.6 is 0 Å². The van der Waals surface area contributed by atoms with E-state index in [1.807, 2.05) is 0 Å². The van der Waals surface area contributed by atoms with Crippen LogP contribution in [0, 0.1) is 12.7 Å². The number of rotatable bonds is 3. The summed E-state index contributed by atoms with van der Waals surface area (Å²) >= 11 is 0. The predicted molar refractivity (Wildman–Crippen MR) is 132 cm³/mol. The minimum atomic E-state index is -4.47. The molecule has 36 heavy (non-hydrogen) atoms. The smallest absolute Gasteiger partial charge is 0.416 e. The third-order valence-electron chi connectivity index (χ3n) is 6.08. The lowest BCUT2D eigenvalue weighted by Gasteiger charge is -2.29. The van der Waals surface area contributed by atoms with Crippen LogP contribution in [-0.2, 0) is 6.18 Å². The molecule has 0 saturated heterocycles. The van der Waals surface area contributed by atoms with Crippen molar-refractivity contribution in [2.75, 3.05) is 19.4 Å². The molecule has 1 aliphatic heterocycles. The van der Waals surface area contributed by atoms with E-state index in [-0.39, 0.29) is 23.7 Å². The monoisotopic (exact) mass is 501 g/mol. The van der Waals surface area contributed by atoms with Gasteiger partial charge in [0.2, 0.25) is 0 Å². The highest BCUT2D eigenvalue weighted by molar-refractivity contribution is 5.86. The number of nitrogens with zero attached hydrogens (tertiary/aromatic N) is 4. The van der Waals surface area contributed by atoms with Crippen molar-refractivity contribution >= 4 is 28.1 Å². The average molecular weight is 502 g/mol. The van der Waals surface area contributed by atoms with Gasteiger partial charge in [-0.05, 0) is 30.7 Å². The summed E-state index contributed by atoms with van der Waals surface area (Å²) in [4.78, 5) is 10.1. The minimum Gasteiger partial charge on any atom is -0.491 e. The molecule has 1 unspecified atom stereocenters. The van der Waals surface area contributed by atoms with Gasteiger partial charge in [-0.2, -0.15) is 13.2 Å². The van der Waals surface area contributed by atoms with Crippen LogP contribution in [0.25, 0.3) is 22.2 Å². The van der Waals surface area contributed by atoms with Gasteiger partial charge in [-0.3, -0.25) is 4.40 Å². The Hall–Kier alpha value is -3.82. The van der Waals surface area contributed by atoms with E-state index in [0.717, 1.165) is 12.1 Å². The fraction of sp³-hybridized carbons (Fsp3) is 0.308. The maximum atomic E-state index is 15.1. The summed E-state index contributed by atoms with van der Waals surface area (Å²) < 4.78 is 61.9. The SMILES string of the molecule is C=C(c1cc2c(cc1F)nc(N)c1cncn12)N(C)C1COc2cc(C(F)(F)F)cc(C)c21.CCC. The molecule has 1 aliphatic rings. The highest BCUT2D eigenvalue weighted by atomic mass is 19.4. The van der Waals surface area contributed by atoms with E-state index in [2.05, 4.69) is 30.4 Å². The van der Waals surface area contributed by atoms with Crippen LogP contribution in [0.2, 0.25) is 0 Å². The van der Waals surface area contributed by atoms with Gasteiger partial charge in [0.25, 0.3) is 0 Å². The van der Waals surface area contributed by atoms with Crippen molar-refractivity contribution in [3.63, 3.8) is 0 Å². The number of anilines is 1. The molecule has 0 saturated carbocycles. The molecule has 2 N–H and O–H groups in total. The summed E-state index contributed by atoms with van der Waals surface area (Å²) in [6.07, 6.45) is -0.0932. The average Bonchev–Trinajstić information content (AvgIpc) is 3.46. The normalized spacial score (nSPS) is 14.8. The topological polar surface area (TPSA) is 68.7 Å². The lowest BCUT2D eigenvalue weighted by atomic mass is 9.97. The number of ether oxygens (including phenoxy) is 1. The first-order chi connectivity index (χ1) is 17.0. The lowest BCUT2D eigenvalue weighted by Crippen LogP contribution is -2.25. The Balaban J connectivity index is 0.000000967. The number of hydrogen-bond acceptors (Lipinski definition) is 5. The Bertz CT molecular complexity index is 1460. The van der Waals surface area contributed by atoms with Gasteiger partial charge in [0.05, 0.1) is 35.2 Å². The molecule has 10 heteroatoms. The Morgan fingerprint density at radius 1 is 1.22 bits per heavy atom. The summed E-state index contributed by atoms with van der Waals surface area (Å²) in [5.41, 5.74) is 8.36. The van der Waals surface area contributed by atoms with Gasteiger partial charge in [-0.15, -0.1) is 0 Å². The summed E-state index contributed by atoms with van der Waals surface area (Å²) in [6, 6.07) is 4.56. The van der Waals surface area contributed by atoms with Crippen LogP contribution in [0.5, 0.6) is 5.75 Å². The van der Waals surface area contributed by atoms with Crippen molar-refractivity contribution in [2.24, 2.45) is 0 Å². The molecule has 4 aromatic rings. The molecule has 2 aromatic carbocycles. The molecule has 5 rings (SSSR count). The molecule has 0 aliphatic carbocycles. The van der Waals surface area contributed by atoms with Crippen molar-refractivity contribution in [1.29, 1.82) is 0 Å². The number of nitrogens with two attached hydrogens (primary N) is 1. The lowest BCUT2D eigenvalue weighted by molar-refractivity contribution is -0.137. The first kappa shape index (κ1) is 25.3. The minimum absolute atomic E-state index is 0.117. The van der Waals surface area contributed by atoms with E-state index in [0.29, 0.717) is 33.4 Å². The number of alkyl halides is 3. The van der Waals surface area contributed by atoms with E-state index < -0.39 is 23.6 Å². The number of fused-ring (bicyclic) bond motifs is 4. The molecular weight excluding hydrogens is 474 g/mol. The number of nitrogen functional groups attached to an aromatic ring is 1. The summed E-state index contributed by atoms with van der Waals surface area (Å²) in [7, 11) is 1.71. The molecule has 0 amide bonds. The van der Waals surface area contributed by atoms with Gasteiger partial charge < -0.3 is 15.4 Å². The van der Waals surface area contributed by atoms with Crippen LogP contribution in [0.1, 0.15) is 48.6 Å². The molecule has 190 valence electrons. The number of benzene rings is 2. The largest absolute Gasteiger partial charge is 0.491 e. The number of aromatic nitrogens is 3. The zero-order valence-corrected chi connectivity index (χ0v) is 20.4. The third kappa shape index (κ3) is 4.31. The standard InChI is InChI=1S/C23H19F4N5O.C3H8/c1-11-4-13(23(25,26)27)5-20-21(11)19(9-33-20)31(3)12(2)14-6-17-16(7-15(14)24)30-22(28)18-8-29-10-32(17)18;1-3-2/h4-8,10,19H,2,9H2,1,3H3,(H2,28,30);3H2,1-2H3. The van der Waals surface area contributed by atoms with Crippen molar-refractivity contribution in [3.8, 4) is 5.75 Å². The van der Waals surface area contributed by atoms with Crippen molar-refractivity contribution in [2.45, 2.75) is 39.4 Å². The van der Waals surface area contributed by atoms with E-state index >= 15 is 4.39 Å².